The summed E-state index contributed by atoms with van der Waals surface area (Å²) in [4.78, 5) is 27.4. The highest BCUT2D eigenvalue weighted by atomic mass is 16.6. The molecule has 0 spiro atoms. The molecular formula is C25H39NO4. The molecule has 5 nitrogen and oxygen atoms in total. The number of ether oxygens (including phenoxy) is 2. The van der Waals surface area contributed by atoms with Crippen LogP contribution < -0.4 is 0 Å². The minimum atomic E-state index is -0.720. The van der Waals surface area contributed by atoms with Gasteiger partial charge in [0.15, 0.2) is 0 Å². The van der Waals surface area contributed by atoms with Crippen molar-refractivity contribution in [1.82, 2.24) is 4.90 Å². The van der Waals surface area contributed by atoms with Gasteiger partial charge in [0, 0.05) is 0 Å². The number of hydrogen-bond donors (Lipinski definition) is 0. The molecule has 0 aliphatic rings. The monoisotopic (exact) mass is 417 g/mol. The van der Waals surface area contributed by atoms with Crippen molar-refractivity contribution in [3.63, 3.8) is 0 Å². The van der Waals surface area contributed by atoms with Crippen molar-refractivity contribution >= 4 is 12.2 Å². The van der Waals surface area contributed by atoms with Crippen molar-refractivity contribution in [2.45, 2.75) is 91.9 Å². The minimum absolute atomic E-state index is 0.232. The average Bonchev–Trinajstić information content (AvgIpc) is 2.59. The van der Waals surface area contributed by atoms with Gasteiger partial charge in [0.25, 0.3) is 0 Å². The molecule has 1 rings (SSSR count). The molecule has 0 radical (unpaired) electrons. The molecule has 2 atom stereocenters. The standard InChI is InChI=1S/C25H39NO4/c1-9-14-19(10-2)17-21(18-20-15-12-11-13-16-20)26(22(27)29-24(3,4)5)23(28)30-25(6,7)8/h9,11-16,19,21H,10,17-18H2,1-8H3/b14-9+/t19-,21-/m1/s1. The fraction of sp³-hybridized carbons (Fsp3) is 0.600. The Morgan fingerprint density at radius 3 is 1.87 bits per heavy atom. The molecule has 0 fully saturated rings. The van der Waals surface area contributed by atoms with Crippen molar-refractivity contribution < 1.29 is 19.1 Å². The van der Waals surface area contributed by atoms with Gasteiger partial charge in [-0.1, -0.05) is 49.4 Å². The average molecular weight is 418 g/mol. The van der Waals surface area contributed by atoms with E-state index in [1.807, 2.05) is 43.3 Å². The maximum Gasteiger partial charge on any atom is 0.420 e. The van der Waals surface area contributed by atoms with E-state index in [0.29, 0.717) is 12.8 Å². The predicted octanol–water partition coefficient (Wildman–Crippen LogP) is 6.76. The summed E-state index contributed by atoms with van der Waals surface area (Å²) in [7, 11) is 0. The van der Waals surface area contributed by atoms with Crippen LogP contribution in [0.5, 0.6) is 0 Å². The quantitative estimate of drug-likeness (QED) is 0.460. The fourth-order valence-electron chi connectivity index (χ4n) is 3.16. The van der Waals surface area contributed by atoms with Gasteiger partial charge >= 0.3 is 12.2 Å². The van der Waals surface area contributed by atoms with Crippen LogP contribution in [-0.2, 0) is 15.9 Å². The summed E-state index contributed by atoms with van der Waals surface area (Å²) in [5, 5.41) is 0. The van der Waals surface area contributed by atoms with Crippen LogP contribution >= 0.6 is 0 Å². The third kappa shape index (κ3) is 9.47. The molecular weight excluding hydrogens is 378 g/mol. The summed E-state index contributed by atoms with van der Waals surface area (Å²) in [5.41, 5.74) is -0.389. The molecule has 0 aromatic heterocycles. The molecule has 0 saturated carbocycles. The van der Waals surface area contributed by atoms with Crippen molar-refractivity contribution in [2.24, 2.45) is 5.92 Å². The third-order valence-electron chi connectivity index (χ3n) is 4.42. The molecule has 0 aliphatic heterocycles. The summed E-state index contributed by atoms with van der Waals surface area (Å²) >= 11 is 0. The van der Waals surface area contributed by atoms with E-state index in [-0.39, 0.29) is 5.92 Å². The molecule has 168 valence electrons. The number of imide groups is 1. The van der Waals surface area contributed by atoms with Crippen LogP contribution in [0.2, 0.25) is 0 Å². The summed E-state index contributed by atoms with van der Waals surface area (Å²) in [6, 6.07) is 9.49. The van der Waals surface area contributed by atoms with E-state index < -0.39 is 29.4 Å². The van der Waals surface area contributed by atoms with Gasteiger partial charge < -0.3 is 9.47 Å². The van der Waals surface area contributed by atoms with Crippen LogP contribution in [0.3, 0.4) is 0 Å². The van der Waals surface area contributed by atoms with Gasteiger partial charge in [0.05, 0.1) is 6.04 Å². The van der Waals surface area contributed by atoms with Crippen molar-refractivity contribution in [3.05, 3.63) is 48.0 Å². The number of amides is 2. The lowest BCUT2D eigenvalue weighted by molar-refractivity contribution is -0.00894. The van der Waals surface area contributed by atoms with Gasteiger partial charge in [0.1, 0.15) is 11.2 Å². The second kappa shape index (κ2) is 11.2. The first-order chi connectivity index (χ1) is 13.9. The lowest BCUT2D eigenvalue weighted by Gasteiger charge is -2.34. The Hall–Kier alpha value is -2.30. The highest BCUT2D eigenvalue weighted by Crippen LogP contribution is 2.25. The molecule has 0 N–H and O–H groups in total. The van der Waals surface area contributed by atoms with E-state index in [2.05, 4.69) is 13.0 Å². The molecule has 5 heteroatoms. The van der Waals surface area contributed by atoms with Crippen LogP contribution in [0, 0.1) is 5.92 Å². The van der Waals surface area contributed by atoms with E-state index >= 15 is 0 Å². The second-order valence-corrected chi connectivity index (χ2v) is 9.60. The summed E-state index contributed by atoms with van der Waals surface area (Å²) < 4.78 is 11.2. The van der Waals surface area contributed by atoms with E-state index in [0.717, 1.165) is 12.0 Å². The van der Waals surface area contributed by atoms with Gasteiger partial charge in [0.2, 0.25) is 0 Å². The van der Waals surface area contributed by atoms with E-state index in [1.54, 1.807) is 41.5 Å². The Kier molecular flexibility index (Phi) is 9.60. The predicted molar refractivity (Wildman–Crippen MR) is 121 cm³/mol. The first kappa shape index (κ1) is 25.7. The Morgan fingerprint density at radius 1 is 0.967 bits per heavy atom. The molecule has 2 amide bonds. The first-order valence-corrected chi connectivity index (χ1v) is 10.8. The summed E-state index contributed by atoms with van der Waals surface area (Å²) in [6.45, 7) is 14.8. The number of hydrogen-bond acceptors (Lipinski definition) is 4. The van der Waals surface area contributed by atoms with Gasteiger partial charge in [-0.3, -0.25) is 0 Å². The highest BCUT2D eigenvalue weighted by Gasteiger charge is 2.37. The molecule has 1 aromatic carbocycles. The third-order valence-corrected chi connectivity index (χ3v) is 4.42. The molecule has 0 saturated heterocycles. The maximum absolute atomic E-state index is 13.1. The smallest absolute Gasteiger partial charge is 0.420 e. The first-order valence-electron chi connectivity index (χ1n) is 10.8. The molecule has 0 bridgehead atoms. The van der Waals surface area contributed by atoms with Crippen LogP contribution in [0.1, 0.15) is 73.8 Å². The highest BCUT2D eigenvalue weighted by molar-refractivity contribution is 5.88. The Labute approximate surface area is 182 Å². The molecule has 0 unspecified atom stereocenters. The Bertz CT molecular complexity index is 670. The van der Waals surface area contributed by atoms with Crippen molar-refractivity contribution in [2.75, 3.05) is 0 Å². The Morgan fingerprint density at radius 2 is 1.47 bits per heavy atom. The topological polar surface area (TPSA) is 55.8 Å². The Balaban J connectivity index is 3.35. The van der Waals surface area contributed by atoms with E-state index in [1.165, 1.54) is 4.90 Å². The normalized spacial score (nSPS) is 14.3. The minimum Gasteiger partial charge on any atom is -0.443 e. The lowest BCUT2D eigenvalue weighted by atomic mass is 9.92. The number of rotatable bonds is 7. The molecule has 0 heterocycles. The number of carbonyl (C=O) groups excluding carboxylic acids is 2. The zero-order valence-corrected chi connectivity index (χ0v) is 19.9. The SMILES string of the molecule is C/C=C/[C@@H](CC)C[C@H](Cc1ccccc1)N(C(=O)OC(C)(C)C)C(=O)OC(C)(C)C. The van der Waals surface area contributed by atoms with E-state index in [4.69, 9.17) is 9.47 Å². The molecule has 1 aromatic rings. The van der Waals surface area contributed by atoms with Gasteiger partial charge in [-0.25, -0.2) is 14.5 Å². The number of carbonyl (C=O) groups is 2. The largest absolute Gasteiger partial charge is 0.443 e. The maximum atomic E-state index is 13.1. The zero-order chi connectivity index (χ0) is 22.9. The number of allylic oxidation sites excluding steroid dienone is 2. The van der Waals surface area contributed by atoms with Crippen molar-refractivity contribution in [3.8, 4) is 0 Å². The number of nitrogens with zero attached hydrogens (tertiary/aromatic N) is 1. The van der Waals surface area contributed by atoms with Gasteiger partial charge in [-0.2, -0.15) is 0 Å². The van der Waals surface area contributed by atoms with Gasteiger partial charge in [-0.05, 0) is 79.2 Å². The second-order valence-electron chi connectivity index (χ2n) is 9.60. The molecule has 0 aliphatic carbocycles. The summed E-state index contributed by atoms with van der Waals surface area (Å²) in [6.07, 6.45) is 4.87. The van der Waals surface area contributed by atoms with E-state index in [9.17, 15) is 9.59 Å². The van der Waals surface area contributed by atoms with Crippen LogP contribution in [0.4, 0.5) is 9.59 Å². The lowest BCUT2D eigenvalue weighted by Crippen LogP contribution is -2.50. The zero-order valence-electron chi connectivity index (χ0n) is 19.9. The van der Waals surface area contributed by atoms with Gasteiger partial charge in [-0.15, -0.1) is 0 Å². The van der Waals surface area contributed by atoms with Crippen molar-refractivity contribution in [1.29, 1.82) is 0 Å². The fourth-order valence-corrected chi connectivity index (χ4v) is 3.16. The summed E-state index contributed by atoms with van der Waals surface area (Å²) in [5.74, 6) is 0.232. The van der Waals surface area contributed by atoms with Crippen LogP contribution in [-0.4, -0.2) is 34.3 Å². The van der Waals surface area contributed by atoms with Crippen LogP contribution in [0.15, 0.2) is 42.5 Å². The molecule has 30 heavy (non-hydrogen) atoms. The van der Waals surface area contributed by atoms with Crippen LogP contribution in [0.25, 0.3) is 0 Å². The number of benzene rings is 1.